The number of methoxy groups -OCH3 is 1. The lowest BCUT2D eigenvalue weighted by atomic mass is 10.00. The van der Waals surface area contributed by atoms with E-state index >= 15 is 0 Å². The van der Waals surface area contributed by atoms with Gasteiger partial charge in [-0.05, 0) is 42.3 Å². The van der Waals surface area contributed by atoms with Crippen molar-refractivity contribution in [2.45, 2.75) is 32.5 Å². The minimum Gasteiger partial charge on any atom is -0.497 e. The molecule has 1 atom stereocenters. The van der Waals surface area contributed by atoms with Gasteiger partial charge in [0.15, 0.2) is 0 Å². The van der Waals surface area contributed by atoms with Crippen LogP contribution in [0.1, 0.15) is 19.4 Å². The average Bonchev–Trinajstić information content (AvgIpc) is 2.45. The monoisotopic (exact) mass is 274 g/mol. The van der Waals surface area contributed by atoms with Gasteiger partial charge >= 0.3 is 0 Å². The first-order chi connectivity index (χ1) is 9.60. The Kier molecular flexibility index (Phi) is 4.99. The molecule has 108 valence electrons. The summed E-state index contributed by atoms with van der Waals surface area (Å²) in [5.41, 5.74) is 1.11. The zero-order valence-corrected chi connectivity index (χ0v) is 12.3. The lowest BCUT2D eigenvalue weighted by molar-refractivity contribution is 0.00633. The predicted octanol–water partition coefficient (Wildman–Crippen LogP) is 3.18. The number of ether oxygens (including phenoxy) is 2. The molecular weight excluding hydrogens is 252 g/mol. The molecule has 2 rings (SSSR count). The van der Waals surface area contributed by atoms with Crippen molar-refractivity contribution in [3.05, 3.63) is 42.0 Å². The molecule has 0 aromatic heterocycles. The van der Waals surface area contributed by atoms with Crippen molar-refractivity contribution in [3.8, 4) is 5.75 Å². The van der Waals surface area contributed by atoms with Gasteiger partial charge in [-0.15, -0.1) is 0 Å². The third kappa shape index (κ3) is 3.71. The molecule has 3 heteroatoms. The Morgan fingerprint density at radius 3 is 2.65 bits per heavy atom. The Bertz CT molecular complexity index is 563. The van der Waals surface area contributed by atoms with Crippen LogP contribution >= 0.6 is 0 Å². The van der Waals surface area contributed by atoms with Crippen LogP contribution in [0.5, 0.6) is 5.75 Å². The molecule has 0 radical (unpaired) electrons. The molecule has 0 saturated heterocycles. The molecule has 1 N–H and O–H groups in total. The standard InChI is InChI=1S/C17H22O3/c1-12(2)20-11-15(18)9-14-6-4-5-13-7-8-16(19-3)10-17(13)14/h4-8,10,12,15,18H,9,11H2,1-3H3. The fourth-order valence-electron chi connectivity index (χ4n) is 2.24. The van der Waals surface area contributed by atoms with Gasteiger partial charge in [-0.1, -0.05) is 24.3 Å². The van der Waals surface area contributed by atoms with Gasteiger partial charge in [0.05, 0.1) is 25.9 Å². The average molecular weight is 274 g/mol. The maximum Gasteiger partial charge on any atom is 0.119 e. The number of aliphatic hydroxyl groups is 1. The highest BCUT2D eigenvalue weighted by Crippen LogP contribution is 2.25. The van der Waals surface area contributed by atoms with E-state index in [0.717, 1.165) is 22.1 Å². The van der Waals surface area contributed by atoms with Gasteiger partial charge in [0.25, 0.3) is 0 Å². The molecule has 0 heterocycles. The van der Waals surface area contributed by atoms with E-state index in [0.29, 0.717) is 13.0 Å². The predicted molar refractivity (Wildman–Crippen MR) is 81.3 cm³/mol. The minimum atomic E-state index is -0.491. The smallest absolute Gasteiger partial charge is 0.119 e. The van der Waals surface area contributed by atoms with E-state index in [4.69, 9.17) is 9.47 Å². The Hall–Kier alpha value is -1.58. The van der Waals surface area contributed by atoms with Crippen LogP contribution in [0.4, 0.5) is 0 Å². The summed E-state index contributed by atoms with van der Waals surface area (Å²) in [6.45, 7) is 4.29. The molecule has 0 aliphatic carbocycles. The fraction of sp³-hybridized carbons (Fsp3) is 0.412. The van der Waals surface area contributed by atoms with Crippen LogP contribution in [0.3, 0.4) is 0 Å². The zero-order valence-electron chi connectivity index (χ0n) is 12.3. The quantitative estimate of drug-likeness (QED) is 0.879. The minimum absolute atomic E-state index is 0.136. The summed E-state index contributed by atoms with van der Waals surface area (Å²) in [5, 5.41) is 12.4. The third-order valence-electron chi connectivity index (χ3n) is 3.26. The molecular formula is C17H22O3. The summed E-state index contributed by atoms with van der Waals surface area (Å²) in [7, 11) is 1.66. The first kappa shape index (κ1) is 14.8. The van der Waals surface area contributed by atoms with Crippen LogP contribution in [0, 0.1) is 0 Å². The second-order valence-electron chi connectivity index (χ2n) is 5.24. The van der Waals surface area contributed by atoms with Crippen LogP contribution in [0.2, 0.25) is 0 Å². The van der Waals surface area contributed by atoms with E-state index in [-0.39, 0.29) is 6.10 Å². The van der Waals surface area contributed by atoms with Crippen molar-refractivity contribution < 1.29 is 14.6 Å². The zero-order chi connectivity index (χ0) is 14.5. The first-order valence-electron chi connectivity index (χ1n) is 6.95. The topological polar surface area (TPSA) is 38.7 Å². The lowest BCUT2D eigenvalue weighted by Crippen LogP contribution is -2.20. The van der Waals surface area contributed by atoms with Crippen LogP contribution < -0.4 is 4.74 Å². The molecule has 2 aromatic rings. The first-order valence-corrected chi connectivity index (χ1v) is 6.95. The molecule has 1 unspecified atom stereocenters. The van der Waals surface area contributed by atoms with Gasteiger partial charge in [-0.3, -0.25) is 0 Å². The van der Waals surface area contributed by atoms with Crippen LogP contribution in [-0.4, -0.2) is 31.0 Å². The largest absolute Gasteiger partial charge is 0.497 e. The van der Waals surface area contributed by atoms with Gasteiger partial charge in [-0.25, -0.2) is 0 Å². The van der Waals surface area contributed by atoms with Crippen molar-refractivity contribution in [2.75, 3.05) is 13.7 Å². The van der Waals surface area contributed by atoms with Crippen LogP contribution in [0.25, 0.3) is 10.8 Å². The highest BCUT2D eigenvalue weighted by Gasteiger charge is 2.10. The summed E-state index contributed by atoms with van der Waals surface area (Å²) < 4.78 is 10.7. The third-order valence-corrected chi connectivity index (χ3v) is 3.26. The van der Waals surface area contributed by atoms with Crippen molar-refractivity contribution in [3.63, 3.8) is 0 Å². The van der Waals surface area contributed by atoms with Crippen molar-refractivity contribution >= 4 is 10.8 Å². The van der Waals surface area contributed by atoms with Gasteiger partial charge in [0.2, 0.25) is 0 Å². The van der Waals surface area contributed by atoms with Gasteiger partial charge < -0.3 is 14.6 Å². The maximum atomic E-state index is 10.1. The summed E-state index contributed by atoms with van der Waals surface area (Å²) in [5.74, 6) is 0.831. The second-order valence-corrected chi connectivity index (χ2v) is 5.24. The van der Waals surface area contributed by atoms with Crippen molar-refractivity contribution in [1.29, 1.82) is 0 Å². The van der Waals surface area contributed by atoms with E-state index in [1.807, 2.05) is 44.2 Å². The fourth-order valence-corrected chi connectivity index (χ4v) is 2.24. The van der Waals surface area contributed by atoms with Gasteiger partial charge in [0.1, 0.15) is 5.75 Å². The molecule has 0 spiro atoms. The number of benzene rings is 2. The van der Waals surface area contributed by atoms with Crippen LogP contribution in [0.15, 0.2) is 36.4 Å². The second kappa shape index (κ2) is 6.73. The number of aliphatic hydroxyl groups excluding tert-OH is 1. The van der Waals surface area contributed by atoms with E-state index in [1.54, 1.807) is 7.11 Å². The molecule has 0 saturated carbocycles. The molecule has 0 amide bonds. The number of fused-ring (bicyclic) bond motifs is 1. The molecule has 0 aliphatic heterocycles. The van der Waals surface area contributed by atoms with E-state index in [9.17, 15) is 5.11 Å². The Morgan fingerprint density at radius 1 is 1.15 bits per heavy atom. The molecule has 20 heavy (non-hydrogen) atoms. The molecule has 3 nitrogen and oxygen atoms in total. The maximum absolute atomic E-state index is 10.1. The van der Waals surface area contributed by atoms with Crippen molar-refractivity contribution in [2.24, 2.45) is 0 Å². The van der Waals surface area contributed by atoms with E-state index in [1.165, 1.54) is 0 Å². The normalized spacial score (nSPS) is 12.8. The SMILES string of the molecule is COc1ccc2cccc(CC(O)COC(C)C)c2c1. The molecule has 0 aliphatic rings. The Labute approximate surface area is 120 Å². The van der Waals surface area contributed by atoms with E-state index < -0.39 is 6.10 Å². The van der Waals surface area contributed by atoms with E-state index in [2.05, 4.69) is 6.07 Å². The summed E-state index contributed by atoms with van der Waals surface area (Å²) >= 11 is 0. The van der Waals surface area contributed by atoms with Gasteiger partial charge in [-0.2, -0.15) is 0 Å². The molecule has 2 aromatic carbocycles. The Balaban J connectivity index is 2.20. The highest BCUT2D eigenvalue weighted by atomic mass is 16.5. The number of hydrogen-bond acceptors (Lipinski definition) is 3. The number of hydrogen-bond donors (Lipinski definition) is 1. The summed E-state index contributed by atoms with van der Waals surface area (Å²) in [6, 6.07) is 12.1. The summed E-state index contributed by atoms with van der Waals surface area (Å²) in [4.78, 5) is 0. The number of rotatable bonds is 6. The lowest BCUT2D eigenvalue weighted by Gasteiger charge is -2.15. The highest BCUT2D eigenvalue weighted by molar-refractivity contribution is 5.87. The van der Waals surface area contributed by atoms with Crippen molar-refractivity contribution in [1.82, 2.24) is 0 Å². The molecule has 0 bridgehead atoms. The molecule has 0 fully saturated rings. The van der Waals surface area contributed by atoms with Crippen LogP contribution in [-0.2, 0) is 11.2 Å². The summed E-state index contributed by atoms with van der Waals surface area (Å²) in [6.07, 6.45) is 0.225. The van der Waals surface area contributed by atoms with Gasteiger partial charge in [0, 0.05) is 6.42 Å². The Morgan fingerprint density at radius 2 is 1.95 bits per heavy atom.